The third kappa shape index (κ3) is 2.02. The SMILES string of the molecule is Cc1c(C)n(Cc2ccsc2)c2ccc(C(=O)O)cc12. The zero-order chi connectivity index (χ0) is 14.3. The second-order valence-corrected chi connectivity index (χ2v) is 5.75. The van der Waals surface area contributed by atoms with Gasteiger partial charge in [-0.05, 0) is 60.0 Å². The highest BCUT2D eigenvalue weighted by Gasteiger charge is 2.13. The van der Waals surface area contributed by atoms with Gasteiger partial charge >= 0.3 is 5.97 Å². The van der Waals surface area contributed by atoms with E-state index in [0.717, 1.165) is 23.0 Å². The summed E-state index contributed by atoms with van der Waals surface area (Å²) in [6.45, 7) is 4.96. The number of hydrogen-bond acceptors (Lipinski definition) is 2. The van der Waals surface area contributed by atoms with Crippen molar-refractivity contribution < 1.29 is 9.90 Å². The molecule has 102 valence electrons. The van der Waals surface area contributed by atoms with Crippen molar-refractivity contribution in [3.05, 3.63) is 57.4 Å². The highest BCUT2D eigenvalue weighted by Crippen LogP contribution is 2.27. The van der Waals surface area contributed by atoms with Crippen molar-refractivity contribution in [1.29, 1.82) is 0 Å². The monoisotopic (exact) mass is 285 g/mol. The van der Waals surface area contributed by atoms with Crippen LogP contribution in [-0.4, -0.2) is 15.6 Å². The first-order valence-corrected chi connectivity index (χ1v) is 7.36. The fourth-order valence-corrected chi connectivity index (χ4v) is 3.21. The molecule has 0 fully saturated rings. The molecule has 4 heteroatoms. The molecule has 0 spiro atoms. The van der Waals surface area contributed by atoms with Crippen molar-refractivity contribution in [2.24, 2.45) is 0 Å². The van der Waals surface area contributed by atoms with Crippen LogP contribution >= 0.6 is 11.3 Å². The number of aromatic nitrogens is 1. The molecule has 0 aliphatic heterocycles. The number of rotatable bonds is 3. The zero-order valence-electron chi connectivity index (χ0n) is 11.4. The average Bonchev–Trinajstić information content (AvgIpc) is 3.02. The van der Waals surface area contributed by atoms with Crippen LogP contribution in [0.25, 0.3) is 10.9 Å². The first-order valence-electron chi connectivity index (χ1n) is 6.41. The molecular weight excluding hydrogens is 270 g/mol. The fraction of sp³-hybridized carbons (Fsp3) is 0.188. The third-order valence-electron chi connectivity index (χ3n) is 3.81. The molecule has 0 saturated heterocycles. The number of nitrogens with zero attached hydrogens (tertiary/aromatic N) is 1. The van der Waals surface area contributed by atoms with Crippen LogP contribution in [-0.2, 0) is 6.54 Å². The van der Waals surface area contributed by atoms with Gasteiger partial charge in [-0.3, -0.25) is 0 Å². The van der Waals surface area contributed by atoms with Gasteiger partial charge in [0.2, 0.25) is 0 Å². The molecule has 0 unspecified atom stereocenters. The lowest BCUT2D eigenvalue weighted by molar-refractivity contribution is 0.0697. The predicted octanol–water partition coefficient (Wildman–Crippen LogP) is 4.07. The van der Waals surface area contributed by atoms with Crippen LogP contribution in [0.2, 0.25) is 0 Å². The molecule has 0 aliphatic rings. The van der Waals surface area contributed by atoms with Crippen LogP contribution in [0.15, 0.2) is 35.0 Å². The van der Waals surface area contributed by atoms with Crippen LogP contribution in [0.4, 0.5) is 0 Å². The fourth-order valence-electron chi connectivity index (χ4n) is 2.55. The molecule has 1 N–H and O–H groups in total. The number of carboxylic acid groups (broad SMARTS) is 1. The minimum absolute atomic E-state index is 0.341. The Balaban J connectivity index is 2.17. The normalized spacial score (nSPS) is 11.1. The Labute approximate surface area is 121 Å². The molecule has 3 nitrogen and oxygen atoms in total. The zero-order valence-corrected chi connectivity index (χ0v) is 12.2. The van der Waals surface area contributed by atoms with Crippen molar-refractivity contribution >= 4 is 28.2 Å². The maximum Gasteiger partial charge on any atom is 0.335 e. The lowest BCUT2D eigenvalue weighted by Gasteiger charge is -2.07. The van der Waals surface area contributed by atoms with Crippen LogP contribution in [0.3, 0.4) is 0 Å². The van der Waals surface area contributed by atoms with Gasteiger partial charge in [-0.1, -0.05) is 0 Å². The van der Waals surface area contributed by atoms with Crippen molar-refractivity contribution in [3.63, 3.8) is 0 Å². The molecule has 0 bridgehead atoms. The summed E-state index contributed by atoms with van der Waals surface area (Å²) in [7, 11) is 0. The molecule has 0 radical (unpaired) electrons. The quantitative estimate of drug-likeness (QED) is 0.788. The van der Waals surface area contributed by atoms with E-state index in [-0.39, 0.29) is 0 Å². The van der Waals surface area contributed by atoms with E-state index in [1.807, 2.05) is 13.0 Å². The van der Waals surface area contributed by atoms with Gasteiger partial charge in [-0.15, -0.1) is 0 Å². The van der Waals surface area contributed by atoms with Gasteiger partial charge in [0.05, 0.1) is 5.56 Å². The maximum absolute atomic E-state index is 11.1. The number of carboxylic acids is 1. The van der Waals surface area contributed by atoms with Gasteiger partial charge < -0.3 is 9.67 Å². The Morgan fingerprint density at radius 3 is 2.75 bits per heavy atom. The molecule has 3 aromatic rings. The van der Waals surface area contributed by atoms with Crippen LogP contribution in [0.1, 0.15) is 27.2 Å². The standard InChI is InChI=1S/C16H15NO2S/c1-10-11(2)17(8-12-5-6-20-9-12)15-4-3-13(16(18)19)7-14(10)15/h3-7,9H,8H2,1-2H3,(H,18,19). The van der Waals surface area contributed by atoms with E-state index >= 15 is 0 Å². The maximum atomic E-state index is 11.1. The topological polar surface area (TPSA) is 42.2 Å². The minimum Gasteiger partial charge on any atom is -0.478 e. The van der Waals surface area contributed by atoms with E-state index in [1.165, 1.54) is 11.3 Å². The smallest absolute Gasteiger partial charge is 0.335 e. The van der Waals surface area contributed by atoms with Crippen molar-refractivity contribution in [2.45, 2.75) is 20.4 Å². The molecule has 2 aromatic heterocycles. The number of thiophene rings is 1. The van der Waals surface area contributed by atoms with Crippen molar-refractivity contribution in [3.8, 4) is 0 Å². The summed E-state index contributed by atoms with van der Waals surface area (Å²) in [4.78, 5) is 11.1. The predicted molar refractivity (Wildman–Crippen MR) is 81.8 cm³/mol. The second-order valence-electron chi connectivity index (χ2n) is 4.97. The number of aromatic carboxylic acids is 1. The summed E-state index contributed by atoms with van der Waals surface area (Å²) in [5, 5.41) is 14.4. The average molecular weight is 285 g/mol. The number of fused-ring (bicyclic) bond motifs is 1. The molecule has 0 saturated carbocycles. The minimum atomic E-state index is -0.880. The van der Waals surface area contributed by atoms with E-state index < -0.39 is 5.97 Å². The first kappa shape index (κ1) is 12.9. The molecule has 3 rings (SSSR count). The molecule has 0 atom stereocenters. The molecule has 0 aliphatic carbocycles. The van der Waals surface area contributed by atoms with Gasteiger partial charge in [-0.2, -0.15) is 11.3 Å². The highest BCUT2D eigenvalue weighted by molar-refractivity contribution is 7.07. The molecule has 2 heterocycles. The Morgan fingerprint density at radius 2 is 2.10 bits per heavy atom. The Bertz CT molecular complexity index is 785. The second kappa shape index (κ2) is 4.80. The van der Waals surface area contributed by atoms with Crippen molar-refractivity contribution in [1.82, 2.24) is 4.57 Å². The number of aryl methyl sites for hydroxylation is 1. The molecule has 20 heavy (non-hydrogen) atoms. The summed E-state index contributed by atoms with van der Waals surface area (Å²) >= 11 is 1.69. The largest absolute Gasteiger partial charge is 0.478 e. The third-order valence-corrected chi connectivity index (χ3v) is 4.54. The summed E-state index contributed by atoms with van der Waals surface area (Å²) < 4.78 is 2.25. The van der Waals surface area contributed by atoms with Gasteiger partial charge in [0.15, 0.2) is 0 Å². The lowest BCUT2D eigenvalue weighted by atomic mass is 10.1. The summed E-state index contributed by atoms with van der Waals surface area (Å²) in [5.74, 6) is -0.880. The van der Waals surface area contributed by atoms with Crippen LogP contribution in [0, 0.1) is 13.8 Å². The Kier molecular flexibility index (Phi) is 3.10. The summed E-state index contributed by atoms with van der Waals surface area (Å²) in [6, 6.07) is 7.47. The number of benzene rings is 1. The van der Waals surface area contributed by atoms with Gasteiger partial charge in [0.1, 0.15) is 0 Å². The summed E-state index contributed by atoms with van der Waals surface area (Å²) in [6.07, 6.45) is 0. The van der Waals surface area contributed by atoms with Gasteiger partial charge in [-0.25, -0.2) is 4.79 Å². The van der Waals surface area contributed by atoms with Crippen LogP contribution < -0.4 is 0 Å². The lowest BCUT2D eigenvalue weighted by Crippen LogP contribution is -2.01. The van der Waals surface area contributed by atoms with Gasteiger partial charge in [0, 0.05) is 23.1 Å². The Hall–Kier alpha value is -2.07. The summed E-state index contributed by atoms with van der Waals surface area (Å²) in [5.41, 5.74) is 5.05. The number of carbonyl (C=O) groups is 1. The molecule has 0 amide bonds. The van der Waals surface area contributed by atoms with E-state index in [4.69, 9.17) is 5.11 Å². The van der Waals surface area contributed by atoms with Crippen LogP contribution in [0.5, 0.6) is 0 Å². The highest BCUT2D eigenvalue weighted by atomic mass is 32.1. The Morgan fingerprint density at radius 1 is 1.30 bits per heavy atom. The molecular formula is C16H15NO2S. The first-order chi connectivity index (χ1) is 9.58. The van der Waals surface area contributed by atoms with E-state index in [1.54, 1.807) is 23.5 Å². The van der Waals surface area contributed by atoms with E-state index in [9.17, 15) is 4.79 Å². The van der Waals surface area contributed by atoms with E-state index in [0.29, 0.717) is 5.56 Å². The number of hydrogen-bond donors (Lipinski definition) is 1. The van der Waals surface area contributed by atoms with Gasteiger partial charge in [0.25, 0.3) is 0 Å². The van der Waals surface area contributed by atoms with Crippen molar-refractivity contribution in [2.75, 3.05) is 0 Å². The van der Waals surface area contributed by atoms with E-state index in [2.05, 4.69) is 28.3 Å². The molecule has 1 aromatic carbocycles.